The van der Waals surface area contributed by atoms with E-state index in [1.807, 2.05) is 24.3 Å². The van der Waals surface area contributed by atoms with E-state index in [1.165, 1.54) is 16.7 Å². The average Bonchev–Trinajstić information content (AvgIpc) is 3.09. The van der Waals surface area contributed by atoms with Gasteiger partial charge in [0, 0.05) is 18.1 Å². The van der Waals surface area contributed by atoms with Gasteiger partial charge in [-0.25, -0.2) is 4.79 Å². The van der Waals surface area contributed by atoms with Crippen LogP contribution in [-0.4, -0.2) is 36.5 Å². The number of cyclic esters (lactones) is 1. The lowest BCUT2D eigenvalue weighted by Gasteiger charge is -2.14. The highest BCUT2D eigenvalue weighted by atomic mass is 35.5. The minimum atomic E-state index is -0.282. The van der Waals surface area contributed by atoms with Crippen molar-refractivity contribution in [2.24, 2.45) is 0 Å². The van der Waals surface area contributed by atoms with E-state index in [0.717, 1.165) is 17.7 Å². The zero-order valence-corrected chi connectivity index (χ0v) is 18.0. The molecule has 4 nitrogen and oxygen atoms in total. The Morgan fingerprint density at radius 1 is 0.967 bits per heavy atom. The summed E-state index contributed by atoms with van der Waals surface area (Å²) in [5.41, 5.74) is 5.70. The van der Waals surface area contributed by atoms with Crippen LogP contribution in [0.2, 0.25) is 5.02 Å². The van der Waals surface area contributed by atoms with Crippen molar-refractivity contribution in [1.82, 2.24) is 9.80 Å². The Morgan fingerprint density at radius 2 is 1.70 bits per heavy atom. The molecule has 1 amide bonds. The number of nitrogens with zero attached hydrogens (tertiary/aromatic N) is 2. The van der Waals surface area contributed by atoms with Crippen LogP contribution in [0, 0.1) is 0 Å². The van der Waals surface area contributed by atoms with Gasteiger partial charge in [0.15, 0.2) is 0 Å². The van der Waals surface area contributed by atoms with E-state index in [-0.39, 0.29) is 12.2 Å². The van der Waals surface area contributed by atoms with Gasteiger partial charge in [-0.2, -0.15) is 0 Å². The first-order valence-electron chi connectivity index (χ1n) is 10.0. The van der Waals surface area contributed by atoms with Gasteiger partial charge in [0.25, 0.3) is 0 Å². The average molecular weight is 421 g/mol. The van der Waals surface area contributed by atoms with E-state index in [4.69, 9.17) is 16.3 Å². The van der Waals surface area contributed by atoms with Gasteiger partial charge in [-0.15, -0.1) is 0 Å². The predicted molar refractivity (Wildman–Crippen MR) is 120 cm³/mol. The highest BCUT2D eigenvalue weighted by Gasteiger charge is 2.32. The van der Waals surface area contributed by atoms with E-state index >= 15 is 0 Å². The van der Waals surface area contributed by atoms with Crippen molar-refractivity contribution in [1.29, 1.82) is 0 Å². The molecule has 3 aromatic rings. The summed E-state index contributed by atoms with van der Waals surface area (Å²) in [6.45, 7) is 1.98. The molecule has 3 aromatic carbocycles. The predicted octanol–water partition coefficient (Wildman–Crippen LogP) is 5.76. The monoisotopic (exact) mass is 420 g/mol. The highest BCUT2D eigenvalue weighted by molar-refractivity contribution is 6.30. The first-order chi connectivity index (χ1) is 14.5. The lowest BCUT2D eigenvalue weighted by atomic mass is 10.0. The van der Waals surface area contributed by atoms with Crippen LogP contribution >= 0.6 is 11.6 Å². The lowest BCUT2D eigenvalue weighted by molar-refractivity contribution is 0.132. The third-order valence-electron chi connectivity index (χ3n) is 5.22. The maximum atomic E-state index is 12.3. The molecule has 30 heavy (non-hydrogen) atoms. The third kappa shape index (κ3) is 4.84. The minimum absolute atomic E-state index is 0.256. The molecule has 0 radical (unpaired) electrons. The Hall–Kier alpha value is -2.82. The third-order valence-corrected chi connectivity index (χ3v) is 5.47. The van der Waals surface area contributed by atoms with Crippen LogP contribution in [-0.2, 0) is 17.8 Å². The molecule has 1 aliphatic heterocycles. The van der Waals surface area contributed by atoms with Crippen LogP contribution in [0.4, 0.5) is 4.79 Å². The number of hydrogen-bond acceptors (Lipinski definition) is 3. The normalized spacial score (nSPS) is 16.2. The van der Waals surface area contributed by atoms with Crippen molar-refractivity contribution in [2.45, 2.75) is 19.2 Å². The minimum Gasteiger partial charge on any atom is -0.439 e. The van der Waals surface area contributed by atoms with Gasteiger partial charge in [-0.3, -0.25) is 4.90 Å². The summed E-state index contributed by atoms with van der Waals surface area (Å²) in [6, 6.07) is 24.4. The fraction of sp³-hybridized carbons (Fsp3) is 0.240. The van der Waals surface area contributed by atoms with Gasteiger partial charge < -0.3 is 9.64 Å². The Morgan fingerprint density at radius 3 is 2.40 bits per heavy atom. The topological polar surface area (TPSA) is 32.8 Å². The van der Waals surface area contributed by atoms with Crippen LogP contribution in [0.1, 0.15) is 22.8 Å². The molecule has 0 bridgehead atoms. The van der Waals surface area contributed by atoms with Gasteiger partial charge in [-0.05, 0) is 60.1 Å². The number of carbonyl (C=O) groups excluding carboxylic acids is 1. The largest absolute Gasteiger partial charge is 0.439 e. The van der Waals surface area contributed by atoms with Crippen LogP contribution in [0.25, 0.3) is 11.1 Å². The molecule has 1 atom stereocenters. The number of amides is 1. The standard InChI is InChI=1S/C25H25ClN2O2/c1-27(2)15-19-4-3-5-22(14-19)20-8-6-18(7-9-20)16-28-17-24(30-25(28)29)21-10-12-23(26)13-11-21/h3-14,24H,15-17H2,1-2H3/t24-/m0/s1. The molecule has 1 aliphatic rings. The highest BCUT2D eigenvalue weighted by Crippen LogP contribution is 2.29. The summed E-state index contributed by atoms with van der Waals surface area (Å²) in [5.74, 6) is 0. The Kier molecular flexibility index (Phi) is 6.07. The Balaban J connectivity index is 1.42. The molecule has 1 heterocycles. The number of benzene rings is 3. The lowest BCUT2D eigenvalue weighted by Crippen LogP contribution is -2.23. The van der Waals surface area contributed by atoms with E-state index in [1.54, 1.807) is 4.90 Å². The van der Waals surface area contributed by atoms with Crippen molar-refractivity contribution < 1.29 is 9.53 Å². The molecule has 0 unspecified atom stereocenters. The molecule has 1 saturated heterocycles. The quantitative estimate of drug-likeness (QED) is 0.508. The van der Waals surface area contributed by atoms with Gasteiger partial charge >= 0.3 is 6.09 Å². The van der Waals surface area contributed by atoms with Crippen molar-refractivity contribution >= 4 is 17.7 Å². The molecule has 0 aliphatic carbocycles. The molecule has 5 heteroatoms. The first kappa shape index (κ1) is 20.5. The fourth-order valence-electron chi connectivity index (χ4n) is 3.73. The summed E-state index contributed by atoms with van der Waals surface area (Å²) in [4.78, 5) is 16.2. The molecule has 0 saturated carbocycles. The van der Waals surface area contributed by atoms with Crippen molar-refractivity contribution in [3.8, 4) is 11.1 Å². The van der Waals surface area contributed by atoms with Crippen LogP contribution in [0.3, 0.4) is 0 Å². The summed E-state index contributed by atoms with van der Waals surface area (Å²) in [5, 5.41) is 0.673. The smallest absolute Gasteiger partial charge is 0.410 e. The number of ether oxygens (including phenoxy) is 1. The van der Waals surface area contributed by atoms with Crippen LogP contribution in [0.5, 0.6) is 0 Å². The number of carbonyl (C=O) groups is 1. The van der Waals surface area contributed by atoms with Crippen molar-refractivity contribution in [2.75, 3.05) is 20.6 Å². The Labute approximate surface area is 182 Å². The van der Waals surface area contributed by atoms with E-state index in [2.05, 4.69) is 67.5 Å². The SMILES string of the molecule is CN(C)Cc1cccc(-c2ccc(CN3C[C@@H](c4ccc(Cl)cc4)OC3=O)cc2)c1. The van der Waals surface area contributed by atoms with Gasteiger partial charge in [0.2, 0.25) is 0 Å². The zero-order valence-electron chi connectivity index (χ0n) is 17.2. The van der Waals surface area contributed by atoms with Crippen LogP contribution in [0.15, 0.2) is 72.8 Å². The second-order valence-corrected chi connectivity index (χ2v) is 8.38. The summed E-state index contributed by atoms with van der Waals surface area (Å²) < 4.78 is 5.55. The first-order valence-corrected chi connectivity index (χ1v) is 10.4. The molecular weight excluding hydrogens is 396 g/mol. The number of hydrogen-bond donors (Lipinski definition) is 0. The van der Waals surface area contributed by atoms with Gasteiger partial charge in [0.1, 0.15) is 6.10 Å². The van der Waals surface area contributed by atoms with E-state index < -0.39 is 0 Å². The van der Waals surface area contributed by atoms with Crippen molar-refractivity contribution in [3.05, 3.63) is 94.5 Å². The molecule has 0 N–H and O–H groups in total. The van der Waals surface area contributed by atoms with Gasteiger partial charge in [-0.1, -0.05) is 66.2 Å². The van der Waals surface area contributed by atoms with E-state index in [0.29, 0.717) is 18.1 Å². The second-order valence-electron chi connectivity index (χ2n) is 7.94. The molecule has 154 valence electrons. The number of halogens is 1. The maximum absolute atomic E-state index is 12.3. The van der Waals surface area contributed by atoms with Crippen LogP contribution < -0.4 is 0 Å². The maximum Gasteiger partial charge on any atom is 0.410 e. The molecular formula is C25H25ClN2O2. The van der Waals surface area contributed by atoms with E-state index in [9.17, 15) is 4.79 Å². The summed E-state index contributed by atoms with van der Waals surface area (Å²) in [7, 11) is 4.14. The van der Waals surface area contributed by atoms with Crippen molar-refractivity contribution in [3.63, 3.8) is 0 Å². The zero-order chi connectivity index (χ0) is 21.1. The second kappa shape index (κ2) is 8.90. The fourth-order valence-corrected chi connectivity index (χ4v) is 3.85. The molecule has 0 spiro atoms. The molecule has 4 rings (SSSR count). The number of rotatable bonds is 6. The molecule has 0 aromatic heterocycles. The van der Waals surface area contributed by atoms with Gasteiger partial charge in [0.05, 0.1) is 6.54 Å². The summed E-state index contributed by atoms with van der Waals surface area (Å²) >= 11 is 5.95. The molecule has 1 fully saturated rings. The Bertz CT molecular complexity index is 1020. The summed E-state index contributed by atoms with van der Waals surface area (Å²) in [6.07, 6.45) is -0.538.